The van der Waals surface area contributed by atoms with Gasteiger partial charge in [0, 0.05) is 55.1 Å². The third-order valence-corrected chi connectivity index (χ3v) is 4.82. The van der Waals surface area contributed by atoms with E-state index in [-0.39, 0.29) is 17.6 Å². The molecule has 9 heteroatoms. The van der Waals surface area contributed by atoms with E-state index in [1.54, 1.807) is 12.1 Å². The number of nitro groups is 1. The predicted octanol–water partition coefficient (Wildman–Crippen LogP) is 1.04. The molecule has 9 nitrogen and oxygen atoms in total. The molecule has 0 spiro atoms. The van der Waals surface area contributed by atoms with E-state index < -0.39 is 4.92 Å². The summed E-state index contributed by atoms with van der Waals surface area (Å²) in [6.07, 6.45) is 0.883. The molecule has 128 valence electrons. The Morgan fingerprint density at radius 1 is 1.20 bits per heavy atom. The summed E-state index contributed by atoms with van der Waals surface area (Å²) >= 11 is 0. The van der Waals surface area contributed by atoms with Crippen LogP contribution in [0.15, 0.2) is 18.2 Å². The molecule has 0 radical (unpaired) electrons. The van der Waals surface area contributed by atoms with E-state index in [1.807, 2.05) is 4.90 Å². The van der Waals surface area contributed by atoms with E-state index in [9.17, 15) is 10.1 Å². The third kappa shape index (κ3) is 2.60. The Bertz CT molecular complexity index is 888. The SMILES string of the molecule is N#CC1CN(c2nnc(N3CCC(N)C3)c3ccc([N+](=O)[O-])cc23)C1. The molecule has 1 unspecified atom stereocenters. The predicted molar refractivity (Wildman–Crippen MR) is 92.3 cm³/mol. The van der Waals surface area contributed by atoms with Crippen molar-refractivity contribution in [1.82, 2.24) is 10.2 Å². The average molecular weight is 339 g/mol. The van der Waals surface area contributed by atoms with E-state index in [0.717, 1.165) is 18.4 Å². The van der Waals surface area contributed by atoms with E-state index >= 15 is 0 Å². The lowest BCUT2D eigenvalue weighted by Gasteiger charge is -2.36. The zero-order chi connectivity index (χ0) is 17.6. The first kappa shape index (κ1) is 15.5. The first-order chi connectivity index (χ1) is 12.1. The summed E-state index contributed by atoms with van der Waals surface area (Å²) in [5.74, 6) is 1.27. The van der Waals surface area contributed by atoms with Gasteiger partial charge >= 0.3 is 0 Å². The summed E-state index contributed by atoms with van der Waals surface area (Å²) < 4.78 is 0. The maximum absolute atomic E-state index is 11.2. The van der Waals surface area contributed by atoms with Crippen molar-refractivity contribution in [2.75, 3.05) is 36.0 Å². The van der Waals surface area contributed by atoms with Gasteiger partial charge in [-0.05, 0) is 12.5 Å². The van der Waals surface area contributed by atoms with Crippen molar-refractivity contribution in [3.05, 3.63) is 28.3 Å². The van der Waals surface area contributed by atoms with E-state index in [1.165, 1.54) is 6.07 Å². The minimum Gasteiger partial charge on any atom is -0.353 e. The van der Waals surface area contributed by atoms with Crippen molar-refractivity contribution >= 4 is 28.1 Å². The van der Waals surface area contributed by atoms with Crippen LogP contribution in [0.5, 0.6) is 0 Å². The molecule has 2 aliphatic heterocycles. The van der Waals surface area contributed by atoms with Crippen LogP contribution in [-0.2, 0) is 0 Å². The summed E-state index contributed by atoms with van der Waals surface area (Å²) in [4.78, 5) is 14.8. The monoisotopic (exact) mass is 339 g/mol. The number of fused-ring (bicyclic) bond motifs is 1. The maximum atomic E-state index is 11.2. The van der Waals surface area contributed by atoms with Crippen molar-refractivity contribution in [1.29, 1.82) is 5.26 Å². The quantitative estimate of drug-likeness (QED) is 0.649. The average Bonchev–Trinajstić information content (AvgIpc) is 2.99. The molecule has 25 heavy (non-hydrogen) atoms. The lowest BCUT2D eigenvalue weighted by atomic mass is 10.0. The second-order valence-electron chi connectivity index (χ2n) is 6.56. The molecule has 2 N–H and O–H groups in total. The van der Waals surface area contributed by atoms with Crippen LogP contribution in [0.1, 0.15) is 6.42 Å². The van der Waals surface area contributed by atoms with Gasteiger partial charge in [-0.2, -0.15) is 5.26 Å². The van der Waals surface area contributed by atoms with Gasteiger partial charge < -0.3 is 15.5 Å². The number of hydrogen-bond acceptors (Lipinski definition) is 8. The molecule has 2 aliphatic rings. The van der Waals surface area contributed by atoms with Gasteiger partial charge in [-0.3, -0.25) is 10.1 Å². The van der Waals surface area contributed by atoms with E-state index in [2.05, 4.69) is 21.2 Å². The molecule has 1 aromatic carbocycles. The van der Waals surface area contributed by atoms with Crippen LogP contribution >= 0.6 is 0 Å². The Balaban J connectivity index is 1.81. The summed E-state index contributed by atoms with van der Waals surface area (Å²) in [5, 5.41) is 30.4. The highest BCUT2D eigenvalue weighted by Crippen LogP contribution is 2.36. The molecule has 0 aliphatic carbocycles. The van der Waals surface area contributed by atoms with E-state index in [0.29, 0.717) is 36.7 Å². The van der Waals surface area contributed by atoms with Crippen LogP contribution in [-0.4, -0.2) is 47.3 Å². The van der Waals surface area contributed by atoms with Crippen molar-refractivity contribution in [2.45, 2.75) is 12.5 Å². The fourth-order valence-electron chi connectivity index (χ4n) is 3.41. The first-order valence-electron chi connectivity index (χ1n) is 8.16. The summed E-state index contributed by atoms with van der Waals surface area (Å²) in [6.45, 7) is 2.62. The molecule has 4 rings (SSSR count). The highest BCUT2D eigenvalue weighted by Gasteiger charge is 2.31. The highest BCUT2D eigenvalue weighted by molar-refractivity contribution is 6.00. The lowest BCUT2D eigenvalue weighted by molar-refractivity contribution is -0.384. The van der Waals surface area contributed by atoms with Crippen molar-refractivity contribution in [3.8, 4) is 6.07 Å². The Kier molecular flexibility index (Phi) is 3.62. The number of nitro benzene ring substituents is 1. The number of non-ortho nitro benzene ring substituents is 1. The third-order valence-electron chi connectivity index (χ3n) is 4.82. The standard InChI is InChI=1S/C16H17N7O2/c17-6-10-7-22(8-10)16-14-5-12(23(24)25)1-2-13(14)15(19-20-16)21-4-3-11(18)9-21/h1-2,5,10-11H,3-4,7-9,18H2. The van der Waals surface area contributed by atoms with Gasteiger partial charge in [0.15, 0.2) is 11.6 Å². The van der Waals surface area contributed by atoms with Crippen LogP contribution in [0.2, 0.25) is 0 Å². The topological polar surface area (TPSA) is 125 Å². The Hall–Kier alpha value is -2.99. The highest BCUT2D eigenvalue weighted by atomic mass is 16.6. The Morgan fingerprint density at radius 3 is 2.52 bits per heavy atom. The molecule has 0 saturated carbocycles. The fourth-order valence-corrected chi connectivity index (χ4v) is 3.41. The first-order valence-corrected chi connectivity index (χ1v) is 8.16. The van der Waals surface area contributed by atoms with Gasteiger partial charge in [-0.25, -0.2) is 0 Å². The van der Waals surface area contributed by atoms with Gasteiger partial charge in [0.25, 0.3) is 5.69 Å². The lowest BCUT2D eigenvalue weighted by Crippen LogP contribution is -2.46. The van der Waals surface area contributed by atoms with Gasteiger partial charge in [0.05, 0.1) is 16.9 Å². The second kappa shape index (κ2) is 5.82. The molecular formula is C16H17N7O2. The second-order valence-corrected chi connectivity index (χ2v) is 6.56. The van der Waals surface area contributed by atoms with E-state index in [4.69, 9.17) is 11.0 Å². The number of nitrogens with zero attached hydrogens (tertiary/aromatic N) is 6. The number of nitrogens with two attached hydrogens (primary N) is 1. The van der Waals surface area contributed by atoms with Gasteiger partial charge in [0.1, 0.15) is 0 Å². The van der Waals surface area contributed by atoms with Crippen LogP contribution in [0.3, 0.4) is 0 Å². The molecule has 2 fully saturated rings. The van der Waals surface area contributed by atoms with Gasteiger partial charge in [-0.1, -0.05) is 0 Å². The molecular weight excluding hydrogens is 322 g/mol. The zero-order valence-electron chi connectivity index (χ0n) is 13.5. The number of aromatic nitrogens is 2. The number of hydrogen-bond donors (Lipinski definition) is 1. The number of anilines is 2. The minimum absolute atomic E-state index is 0.0168. The molecule has 2 aromatic rings. The van der Waals surface area contributed by atoms with Crippen molar-refractivity contribution in [2.24, 2.45) is 11.7 Å². The Morgan fingerprint density at radius 2 is 1.92 bits per heavy atom. The fraction of sp³-hybridized carbons (Fsp3) is 0.438. The largest absolute Gasteiger partial charge is 0.353 e. The van der Waals surface area contributed by atoms with Crippen molar-refractivity contribution in [3.63, 3.8) is 0 Å². The molecule has 2 saturated heterocycles. The summed E-state index contributed by atoms with van der Waals surface area (Å²) in [6, 6.07) is 7.07. The van der Waals surface area contributed by atoms with Gasteiger partial charge in [0.2, 0.25) is 0 Å². The number of rotatable bonds is 3. The molecule has 0 bridgehead atoms. The number of nitriles is 1. The van der Waals surface area contributed by atoms with Gasteiger partial charge in [-0.15, -0.1) is 10.2 Å². The summed E-state index contributed by atoms with van der Waals surface area (Å²) in [5.41, 5.74) is 6.01. The molecule has 3 heterocycles. The van der Waals surface area contributed by atoms with Crippen LogP contribution < -0.4 is 15.5 Å². The summed E-state index contributed by atoms with van der Waals surface area (Å²) in [7, 11) is 0. The number of benzene rings is 1. The molecule has 1 aromatic heterocycles. The van der Waals surface area contributed by atoms with Crippen LogP contribution in [0.4, 0.5) is 17.3 Å². The van der Waals surface area contributed by atoms with Crippen LogP contribution in [0, 0.1) is 27.4 Å². The maximum Gasteiger partial charge on any atom is 0.270 e. The minimum atomic E-state index is -0.413. The Labute approximate surface area is 143 Å². The smallest absolute Gasteiger partial charge is 0.270 e. The molecule has 1 atom stereocenters. The molecule has 0 amide bonds. The normalized spacial score (nSPS) is 20.6. The van der Waals surface area contributed by atoms with Crippen LogP contribution in [0.25, 0.3) is 10.8 Å². The zero-order valence-corrected chi connectivity index (χ0v) is 13.5. The van der Waals surface area contributed by atoms with Crippen molar-refractivity contribution < 1.29 is 4.92 Å².